The van der Waals surface area contributed by atoms with Crippen LogP contribution >= 0.6 is 11.5 Å². The lowest BCUT2D eigenvalue weighted by atomic mass is 10.1. The molecule has 2 aromatic heterocycles. The fraction of sp³-hybridized carbons (Fsp3) is 0.160. The Balaban J connectivity index is 1.55. The maximum Gasteiger partial charge on any atom is 0.269 e. The van der Waals surface area contributed by atoms with Crippen molar-refractivity contribution in [2.75, 3.05) is 6.61 Å². The van der Waals surface area contributed by atoms with Crippen LogP contribution in [-0.2, 0) is 6.42 Å². The van der Waals surface area contributed by atoms with Crippen molar-refractivity contribution in [3.05, 3.63) is 101 Å². The molecular formula is C25H21N3O3S. The molecule has 0 spiro atoms. The van der Waals surface area contributed by atoms with Crippen LogP contribution in [0, 0.1) is 0 Å². The molecule has 0 radical (unpaired) electrons. The molecule has 0 N–H and O–H groups in total. The molecule has 0 aliphatic heterocycles. The summed E-state index contributed by atoms with van der Waals surface area (Å²) in [7, 11) is 0. The maximum absolute atomic E-state index is 13.2. The average Bonchev–Trinajstić information content (AvgIpc) is 3.45. The summed E-state index contributed by atoms with van der Waals surface area (Å²) >= 11 is 1.42. The van der Waals surface area contributed by atoms with E-state index in [1.807, 2.05) is 85.8 Å². The van der Waals surface area contributed by atoms with E-state index in [1.54, 1.807) is 3.96 Å². The van der Waals surface area contributed by atoms with Crippen LogP contribution in [0.25, 0.3) is 21.5 Å². The number of hydrogen-bond donors (Lipinski definition) is 0. The molecule has 7 heteroatoms. The standard InChI is InChI=1S/C25H21N3O3S/c1-2-30-19-14-12-18(13-15-19)23-26-27-24(31-23)21(16-17-8-4-3-5-9-17)28-25(29)20-10-6-7-11-22(20)32-28/h3-15,21H,2,16H2,1H3/t21-/m0/s1. The fourth-order valence-electron chi connectivity index (χ4n) is 3.65. The van der Waals surface area contributed by atoms with Crippen LogP contribution in [0.2, 0.25) is 0 Å². The van der Waals surface area contributed by atoms with Crippen LogP contribution < -0.4 is 10.3 Å². The third-order valence-corrected chi connectivity index (χ3v) is 6.38. The first-order valence-electron chi connectivity index (χ1n) is 10.4. The Labute approximate surface area is 188 Å². The van der Waals surface area contributed by atoms with Gasteiger partial charge in [-0.2, -0.15) is 0 Å². The Bertz CT molecular complexity index is 1390. The minimum atomic E-state index is -0.397. The van der Waals surface area contributed by atoms with Crippen LogP contribution in [0.4, 0.5) is 0 Å². The largest absolute Gasteiger partial charge is 0.494 e. The Hall–Kier alpha value is -3.71. The molecule has 160 valence electrons. The highest BCUT2D eigenvalue weighted by molar-refractivity contribution is 7.13. The summed E-state index contributed by atoms with van der Waals surface area (Å²) in [6, 6.07) is 24.8. The fourth-order valence-corrected chi connectivity index (χ4v) is 4.73. The number of aromatic nitrogens is 3. The third-order valence-electron chi connectivity index (χ3n) is 5.21. The number of rotatable bonds is 7. The zero-order valence-corrected chi connectivity index (χ0v) is 18.3. The van der Waals surface area contributed by atoms with Crippen molar-refractivity contribution in [2.24, 2.45) is 0 Å². The summed E-state index contributed by atoms with van der Waals surface area (Å²) in [5.41, 5.74) is 1.84. The Morgan fingerprint density at radius 3 is 2.47 bits per heavy atom. The van der Waals surface area contributed by atoms with Gasteiger partial charge in [-0.05, 0) is 48.9 Å². The number of ether oxygens (including phenoxy) is 1. The highest BCUT2D eigenvalue weighted by Gasteiger charge is 2.25. The summed E-state index contributed by atoms with van der Waals surface area (Å²) in [6.45, 7) is 2.55. The van der Waals surface area contributed by atoms with Crippen molar-refractivity contribution in [3.63, 3.8) is 0 Å². The summed E-state index contributed by atoms with van der Waals surface area (Å²) < 4.78 is 14.3. The van der Waals surface area contributed by atoms with Crippen LogP contribution in [0.5, 0.6) is 5.75 Å². The van der Waals surface area contributed by atoms with E-state index in [0.717, 1.165) is 21.6 Å². The topological polar surface area (TPSA) is 70.2 Å². The molecule has 1 atom stereocenters. The van der Waals surface area contributed by atoms with Gasteiger partial charge in [0.15, 0.2) is 0 Å². The maximum atomic E-state index is 13.2. The zero-order valence-electron chi connectivity index (χ0n) is 17.5. The summed E-state index contributed by atoms with van der Waals surface area (Å²) in [6.07, 6.45) is 0.568. The molecule has 2 heterocycles. The summed E-state index contributed by atoms with van der Waals surface area (Å²) in [4.78, 5) is 13.2. The lowest BCUT2D eigenvalue weighted by molar-refractivity contribution is 0.340. The van der Waals surface area contributed by atoms with Gasteiger partial charge in [0.05, 0.1) is 16.7 Å². The number of benzene rings is 3. The van der Waals surface area contributed by atoms with E-state index in [2.05, 4.69) is 10.2 Å². The normalized spacial score (nSPS) is 12.2. The number of nitrogens with zero attached hydrogens (tertiary/aromatic N) is 3. The van der Waals surface area contributed by atoms with Gasteiger partial charge in [-0.3, -0.25) is 8.75 Å². The van der Waals surface area contributed by atoms with E-state index in [1.165, 1.54) is 11.5 Å². The minimum Gasteiger partial charge on any atom is -0.494 e. The Kier molecular flexibility index (Phi) is 5.56. The second-order valence-electron chi connectivity index (χ2n) is 7.33. The molecule has 5 rings (SSSR count). The minimum absolute atomic E-state index is 0.0488. The van der Waals surface area contributed by atoms with Crippen molar-refractivity contribution in [1.29, 1.82) is 0 Å². The molecule has 0 bridgehead atoms. The first-order chi connectivity index (χ1) is 15.7. The lowest BCUT2D eigenvalue weighted by Crippen LogP contribution is -2.22. The van der Waals surface area contributed by atoms with E-state index in [9.17, 15) is 4.79 Å². The molecule has 0 fully saturated rings. The molecule has 3 aromatic carbocycles. The van der Waals surface area contributed by atoms with E-state index in [4.69, 9.17) is 9.15 Å². The molecule has 0 amide bonds. The van der Waals surface area contributed by atoms with Gasteiger partial charge in [0.25, 0.3) is 5.56 Å². The van der Waals surface area contributed by atoms with Gasteiger partial charge in [-0.15, -0.1) is 10.2 Å². The van der Waals surface area contributed by atoms with Crippen molar-refractivity contribution >= 4 is 21.6 Å². The van der Waals surface area contributed by atoms with Crippen LogP contribution in [-0.4, -0.2) is 20.8 Å². The van der Waals surface area contributed by atoms with Gasteiger partial charge in [0.2, 0.25) is 11.8 Å². The molecule has 5 aromatic rings. The van der Waals surface area contributed by atoms with Crippen molar-refractivity contribution in [2.45, 2.75) is 19.4 Å². The van der Waals surface area contributed by atoms with Crippen LogP contribution in [0.15, 0.2) is 88.1 Å². The monoisotopic (exact) mass is 443 g/mol. The Morgan fingerprint density at radius 1 is 0.969 bits per heavy atom. The molecule has 0 saturated carbocycles. The highest BCUT2D eigenvalue weighted by Crippen LogP contribution is 2.29. The summed E-state index contributed by atoms with van der Waals surface area (Å²) in [5, 5.41) is 9.30. The quantitative estimate of drug-likeness (QED) is 0.339. The molecule has 0 aliphatic carbocycles. The summed E-state index contributed by atoms with van der Waals surface area (Å²) in [5.74, 6) is 1.61. The third kappa shape index (κ3) is 3.94. The van der Waals surface area contributed by atoms with Crippen molar-refractivity contribution in [3.8, 4) is 17.2 Å². The van der Waals surface area contributed by atoms with Crippen molar-refractivity contribution < 1.29 is 9.15 Å². The van der Waals surface area contributed by atoms with E-state index < -0.39 is 6.04 Å². The van der Waals surface area contributed by atoms with Gasteiger partial charge >= 0.3 is 0 Å². The van der Waals surface area contributed by atoms with Gasteiger partial charge in [0, 0.05) is 12.0 Å². The van der Waals surface area contributed by atoms with E-state index in [-0.39, 0.29) is 5.56 Å². The van der Waals surface area contributed by atoms with Crippen molar-refractivity contribution in [1.82, 2.24) is 14.2 Å². The first kappa shape index (κ1) is 20.2. The molecule has 6 nitrogen and oxygen atoms in total. The Morgan fingerprint density at radius 2 is 1.72 bits per heavy atom. The highest BCUT2D eigenvalue weighted by atomic mass is 32.1. The van der Waals surface area contributed by atoms with E-state index in [0.29, 0.717) is 30.2 Å². The molecule has 32 heavy (non-hydrogen) atoms. The molecule has 0 aliphatic rings. The second-order valence-corrected chi connectivity index (χ2v) is 8.34. The number of fused-ring (bicyclic) bond motifs is 1. The average molecular weight is 444 g/mol. The zero-order chi connectivity index (χ0) is 21.9. The lowest BCUT2D eigenvalue weighted by Gasteiger charge is -2.13. The van der Waals surface area contributed by atoms with Gasteiger partial charge < -0.3 is 9.15 Å². The van der Waals surface area contributed by atoms with Gasteiger partial charge in [-0.25, -0.2) is 0 Å². The predicted molar refractivity (Wildman–Crippen MR) is 125 cm³/mol. The molecule has 0 saturated heterocycles. The SMILES string of the molecule is CCOc1ccc(-c2nnc([C@H](Cc3ccccc3)n3sc4ccccc4c3=O)o2)cc1. The smallest absolute Gasteiger partial charge is 0.269 e. The molecule has 0 unspecified atom stereocenters. The predicted octanol–water partition coefficient (Wildman–Crippen LogP) is 5.34. The van der Waals surface area contributed by atoms with Gasteiger partial charge in [0.1, 0.15) is 11.8 Å². The number of hydrogen-bond acceptors (Lipinski definition) is 6. The second kappa shape index (κ2) is 8.80. The van der Waals surface area contributed by atoms with Crippen LogP contribution in [0.3, 0.4) is 0 Å². The van der Waals surface area contributed by atoms with Gasteiger partial charge in [-0.1, -0.05) is 54.0 Å². The molecular weight excluding hydrogens is 422 g/mol. The first-order valence-corrected chi connectivity index (χ1v) is 11.2. The van der Waals surface area contributed by atoms with E-state index >= 15 is 0 Å². The van der Waals surface area contributed by atoms with Crippen LogP contribution in [0.1, 0.15) is 24.4 Å².